The standard InChI is InChI=1S/C16H13NOS/c18-14(9-12-5-7-17-8-6-12)10-13-11-19-16-4-2-1-3-15(13)16/h1-8,11H,9-10H2. The molecule has 0 bridgehead atoms. The summed E-state index contributed by atoms with van der Waals surface area (Å²) in [5.41, 5.74) is 2.17. The van der Waals surface area contributed by atoms with Gasteiger partial charge in [-0.25, -0.2) is 0 Å². The summed E-state index contributed by atoms with van der Waals surface area (Å²) in [4.78, 5) is 16.1. The van der Waals surface area contributed by atoms with E-state index in [1.807, 2.05) is 24.3 Å². The van der Waals surface area contributed by atoms with Crippen LogP contribution < -0.4 is 0 Å². The van der Waals surface area contributed by atoms with Crippen LogP contribution >= 0.6 is 11.3 Å². The predicted molar refractivity (Wildman–Crippen MR) is 78.5 cm³/mol. The van der Waals surface area contributed by atoms with Gasteiger partial charge < -0.3 is 0 Å². The number of hydrogen-bond donors (Lipinski definition) is 0. The Hall–Kier alpha value is -2.00. The van der Waals surface area contributed by atoms with Crippen LogP contribution in [0.25, 0.3) is 10.1 Å². The summed E-state index contributed by atoms with van der Waals surface area (Å²) in [5.74, 6) is 0.245. The van der Waals surface area contributed by atoms with Gasteiger partial charge in [0.05, 0.1) is 0 Å². The lowest BCUT2D eigenvalue weighted by Gasteiger charge is -2.00. The fourth-order valence-corrected chi connectivity index (χ4v) is 3.14. The number of thiophene rings is 1. The molecular formula is C16H13NOS. The van der Waals surface area contributed by atoms with Gasteiger partial charge in [-0.3, -0.25) is 9.78 Å². The number of pyridine rings is 1. The number of Topliss-reactive ketones (excluding diaryl/α,β-unsaturated/α-hetero) is 1. The second-order valence-corrected chi connectivity index (χ2v) is 5.42. The molecule has 0 aliphatic carbocycles. The van der Waals surface area contributed by atoms with E-state index in [0.29, 0.717) is 12.8 Å². The Morgan fingerprint density at radius 3 is 2.68 bits per heavy atom. The van der Waals surface area contributed by atoms with E-state index in [0.717, 1.165) is 11.1 Å². The molecule has 0 aliphatic rings. The average molecular weight is 267 g/mol. The topological polar surface area (TPSA) is 30.0 Å². The minimum Gasteiger partial charge on any atom is -0.299 e. The highest BCUT2D eigenvalue weighted by Gasteiger charge is 2.09. The highest BCUT2D eigenvalue weighted by atomic mass is 32.1. The Labute approximate surface area is 115 Å². The van der Waals surface area contributed by atoms with E-state index in [1.54, 1.807) is 23.7 Å². The molecule has 0 N–H and O–H groups in total. The van der Waals surface area contributed by atoms with Crippen molar-refractivity contribution in [3.8, 4) is 0 Å². The summed E-state index contributed by atoms with van der Waals surface area (Å²) in [5, 5.41) is 3.30. The Morgan fingerprint density at radius 2 is 1.84 bits per heavy atom. The zero-order chi connectivity index (χ0) is 13.1. The van der Waals surface area contributed by atoms with Crippen molar-refractivity contribution in [3.05, 3.63) is 65.3 Å². The molecule has 2 aromatic heterocycles. The van der Waals surface area contributed by atoms with Gasteiger partial charge in [0.2, 0.25) is 0 Å². The molecule has 2 heterocycles. The van der Waals surface area contributed by atoms with Crippen LogP contribution in [0.2, 0.25) is 0 Å². The van der Waals surface area contributed by atoms with E-state index in [2.05, 4.69) is 22.5 Å². The summed E-state index contributed by atoms with van der Waals surface area (Å²) < 4.78 is 1.24. The van der Waals surface area contributed by atoms with Crippen LogP contribution in [-0.2, 0) is 17.6 Å². The van der Waals surface area contributed by atoms with E-state index < -0.39 is 0 Å². The van der Waals surface area contributed by atoms with Crippen LogP contribution in [-0.4, -0.2) is 10.8 Å². The van der Waals surface area contributed by atoms with Gasteiger partial charge in [0.15, 0.2) is 0 Å². The van der Waals surface area contributed by atoms with Crippen LogP contribution in [0.4, 0.5) is 0 Å². The lowest BCUT2D eigenvalue weighted by molar-refractivity contribution is -0.117. The van der Waals surface area contributed by atoms with Crippen molar-refractivity contribution in [2.24, 2.45) is 0 Å². The largest absolute Gasteiger partial charge is 0.299 e. The summed E-state index contributed by atoms with van der Waals surface area (Å²) in [6.07, 6.45) is 4.43. The minimum atomic E-state index is 0.245. The smallest absolute Gasteiger partial charge is 0.141 e. The molecule has 2 nitrogen and oxygen atoms in total. The monoisotopic (exact) mass is 267 g/mol. The zero-order valence-corrected chi connectivity index (χ0v) is 11.2. The molecule has 19 heavy (non-hydrogen) atoms. The Morgan fingerprint density at radius 1 is 1.05 bits per heavy atom. The second-order valence-electron chi connectivity index (χ2n) is 4.50. The van der Waals surface area contributed by atoms with Crippen LogP contribution in [0.5, 0.6) is 0 Å². The molecule has 0 saturated heterocycles. The molecule has 0 fully saturated rings. The van der Waals surface area contributed by atoms with Gasteiger partial charge in [-0.2, -0.15) is 0 Å². The van der Waals surface area contributed by atoms with Crippen LogP contribution in [0.15, 0.2) is 54.2 Å². The van der Waals surface area contributed by atoms with Crippen molar-refractivity contribution in [1.29, 1.82) is 0 Å². The predicted octanol–water partition coefficient (Wildman–Crippen LogP) is 3.65. The fourth-order valence-electron chi connectivity index (χ4n) is 2.17. The van der Waals surface area contributed by atoms with Crippen LogP contribution in [0.3, 0.4) is 0 Å². The van der Waals surface area contributed by atoms with Crippen molar-refractivity contribution < 1.29 is 4.79 Å². The number of ketones is 1. The van der Waals surface area contributed by atoms with Gasteiger partial charge in [0.1, 0.15) is 5.78 Å². The molecule has 3 heteroatoms. The fraction of sp³-hybridized carbons (Fsp3) is 0.125. The van der Waals surface area contributed by atoms with Crippen molar-refractivity contribution in [2.75, 3.05) is 0 Å². The van der Waals surface area contributed by atoms with E-state index in [1.165, 1.54) is 10.1 Å². The second kappa shape index (κ2) is 5.33. The van der Waals surface area contributed by atoms with Gasteiger partial charge in [-0.15, -0.1) is 11.3 Å². The van der Waals surface area contributed by atoms with Crippen LogP contribution in [0, 0.1) is 0 Å². The summed E-state index contributed by atoms with van der Waals surface area (Å²) in [6, 6.07) is 12.0. The minimum absolute atomic E-state index is 0.245. The molecule has 0 aliphatic heterocycles. The molecule has 3 aromatic rings. The van der Waals surface area contributed by atoms with E-state index in [-0.39, 0.29) is 5.78 Å². The lowest BCUT2D eigenvalue weighted by atomic mass is 10.0. The number of nitrogens with zero attached hydrogens (tertiary/aromatic N) is 1. The SMILES string of the molecule is O=C(Cc1ccncc1)Cc1csc2ccccc12. The molecule has 0 spiro atoms. The third-order valence-corrected chi connectivity index (χ3v) is 4.11. The maximum atomic E-state index is 12.1. The normalized spacial score (nSPS) is 10.7. The van der Waals surface area contributed by atoms with Crippen molar-refractivity contribution in [1.82, 2.24) is 4.98 Å². The zero-order valence-electron chi connectivity index (χ0n) is 10.4. The quantitative estimate of drug-likeness (QED) is 0.722. The first-order chi connectivity index (χ1) is 9.33. The first-order valence-corrected chi connectivity index (χ1v) is 7.06. The first kappa shape index (κ1) is 12.1. The van der Waals surface area contributed by atoms with Gasteiger partial charge >= 0.3 is 0 Å². The first-order valence-electron chi connectivity index (χ1n) is 6.18. The molecule has 0 saturated carbocycles. The number of rotatable bonds is 4. The van der Waals surface area contributed by atoms with Crippen LogP contribution in [0.1, 0.15) is 11.1 Å². The molecule has 0 unspecified atom stereocenters. The third-order valence-electron chi connectivity index (χ3n) is 3.10. The van der Waals surface area contributed by atoms with Gasteiger partial charge in [-0.05, 0) is 40.1 Å². The number of carbonyl (C=O) groups excluding carboxylic acids is 1. The van der Waals surface area contributed by atoms with Crippen molar-refractivity contribution in [2.45, 2.75) is 12.8 Å². The van der Waals surface area contributed by atoms with Gasteiger partial charge in [0.25, 0.3) is 0 Å². The lowest BCUT2D eigenvalue weighted by Crippen LogP contribution is -2.06. The summed E-state index contributed by atoms with van der Waals surface area (Å²) in [7, 11) is 0. The maximum Gasteiger partial charge on any atom is 0.141 e. The molecular weight excluding hydrogens is 254 g/mol. The Balaban J connectivity index is 1.76. The molecule has 1 aromatic carbocycles. The summed E-state index contributed by atoms with van der Waals surface area (Å²) >= 11 is 1.70. The van der Waals surface area contributed by atoms with Crippen molar-refractivity contribution in [3.63, 3.8) is 0 Å². The molecule has 94 valence electrons. The van der Waals surface area contributed by atoms with E-state index >= 15 is 0 Å². The summed E-state index contributed by atoms with van der Waals surface area (Å²) in [6.45, 7) is 0. The molecule has 0 atom stereocenters. The van der Waals surface area contributed by atoms with E-state index in [4.69, 9.17) is 0 Å². The molecule has 0 radical (unpaired) electrons. The highest BCUT2D eigenvalue weighted by Crippen LogP contribution is 2.26. The van der Waals surface area contributed by atoms with Gasteiger partial charge in [-0.1, -0.05) is 18.2 Å². The Bertz CT molecular complexity index is 703. The number of carbonyl (C=O) groups is 1. The van der Waals surface area contributed by atoms with E-state index in [9.17, 15) is 4.79 Å². The average Bonchev–Trinajstić information content (AvgIpc) is 2.83. The Kier molecular flexibility index (Phi) is 3.38. The van der Waals surface area contributed by atoms with Crippen molar-refractivity contribution >= 4 is 27.2 Å². The number of hydrogen-bond acceptors (Lipinski definition) is 3. The molecule has 0 amide bonds. The molecule has 3 rings (SSSR count). The van der Waals surface area contributed by atoms with Gasteiger partial charge in [0, 0.05) is 29.9 Å². The number of benzene rings is 1. The highest BCUT2D eigenvalue weighted by molar-refractivity contribution is 7.17. The maximum absolute atomic E-state index is 12.1. The number of fused-ring (bicyclic) bond motifs is 1. The number of aromatic nitrogens is 1. The third kappa shape index (κ3) is 2.71.